The van der Waals surface area contributed by atoms with Gasteiger partial charge in [-0.05, 0) is 81.6 Å². The third-order valence-electron chi connectivity index (χ3n) is 9.16. The van der Waals surface area contributed by atoms with Crippen molar-refractivity contribution in [1.29, 1.82) is 0 Å². The smallest absolute Gasteiger partial charge is 0.337 e. The Hall–Kier alpha value is -3.66. The van der Waals surface area contributed by atoms with Gasteiger partial charge in [-0.3, -0.25) is 4.90 Å². The number of carbonyl (C=O) groups excluding carboxylic acids is 1. The zero-order valence-electron chi connectivity index (χ0n) is 24.9. The highest BCUT2D eigenvalue weighted by molar-refractivity contribution is 6.30. The minimum absolute atomic E-state index is 0.150. The molecular weight excluding hydrogens is 585 g/mol. The Kier molecular flexibility index (Phi) is 7.72. The van der Waals surface area contributed by atoms with E-state index in [1.165, 1.54) is 13.2 Å². The number of esters is 1. The summed E-state index contributed by atoms with van der Waals surface area (Å²) < 4.78 is 40.6. The van der Waals surface area contributed by atoms with Crippen LogP contribution in [-0.4, -0.2) is 59.9 Å². The summed E-state index contributed by atoms with van der Waals surface area (Å²) in [6, 6.07) is 16.2. The molecule has 8 nitrogen and oxygen atoms in total. The van der Waals surface area contributed by atoms with Gasteiger partial charge in [-0.25, -0.2) is 14.2 Å². The number of methoxy groups -OCH3 is 1. The highest BCUT2D eigenvalue weighted by Gasteiger charge is 2.39. The second-order valence-electron chi connectivity index (χ2n) is 12.1. The minimum atomic E-state index is -0.977. The van der Waals surface area contributed by atoms with Crippen LogP contribution in [-0.2, 0) is 28.2 Å². The van der Waals surface area contributed by atoms with Crippen LogP contribution in [0.15, 0.2) is 54.6 Å². The van der Waals surface area contributed by atoms with E-state index in [1.807, 2.05) is 31.2 Å². The van der Waals surface area contributed by atoms with Crippen LogP contribution in [0.25, 0.3) is 11.0 Å². The molecule has 0 spiro atoms. The molecule has 0 aliphatic carbocycles. The number of likely N-dealkylation sites (tertiary alicyclic amines) is 1. The Bertz CT molecular complexity index is 1710. The summed E-state index contributed by atoms with van der Waals surface area (Å²) in [7, 11) is 1.39. The number of halogens is 2. The number of piperidine rings is 1. The molecule has 3 aliphatic rings. The molecule has 2 fully saturated rings. The number of rotatable bonds is 7. The molecule has 0 N–H and O–H groups in total. The molecule has 2 saturated heterocycles. The van der Waals surface area contributed by atoms with Crippen LogP contribution < -0.4 is 9.47 Å². The van der Waals surface area contributed by atoms with E-state index in [4.69, 9.17) is 35.5 Å². The monoisotopic (exact) mass is 619 g/mol. The normalized spacial score (nSPS) is 22.1. The average Bonchev–Trinajstić information content (AvgIpc) is 3.34. The first kappa shape index (κ1) is 29.1. The van der Waals surface area contributed by atoms with Crippen LogP contribution in [0.5, 0.6) is 11.5 Å². The Morgan fingerprint density at radius 3 is 2.68 bits per heavy atom. The van der Waals surface area contributed by atoms with Gasteiger partial charge in [-0.2, -0.15) is 0 Å². The van der Waals surface area contributed by atoms with E-state index < -0.39 is 11.4 Å². The summed E-state index contributed by atoms with van der Waals surface area (Å²) in [5.74, 6) is 1.85. The number of benzene rings is 3. The number of fused-ring (bicyclic) bond motifs is 2. The molecule has 4 aromatic rings. The lowest BCUT2D eigenvalue weighted by molar-refractivity contribution is -0.0592. The molecule has 3 aromatic carbocycles. The zero-order chi connectivity index (χ0) is 30.4. The Morgan fingerprint density at radius 2 is 1.95 bits per heavy atom. The third kappa shape index (κ3) is 5.42. The lowest BCUT2D eigenvalue weighted by atomic mass is 9.87. The summed E-state index contributed by atoms with van der Waals surface area (Å²) in [5.41, 5.74) is 2.82. The van der Waals surface area contributed by atoms with Crippen LogP contribution in [0.2, 0.25) is 5.02 Å². The van der Waals surface area contributed by atoms with Crippen molar-refractivity contribution in [3.8, 4) is 11.5 Å². The van der Waals surface area contributed by atoms with Gasteiger partial charge in [-0.1, -0.05) is 29.8 Å². The molecule has 1 aromatic heterocycles. The molecule has 44 heavy (non-hydrogen) atoms. The van der Waals surface area contributed by atoms with Crippen molar-refractivity contribution in [2.45, 2.75) is 56.9 Å². The Balaban J connectivity index is 1.09. The number of hydrogen-bond donors (Lipinski definition) is 0. The molecule has 10 heteroatoms. The first-order valence-electron chi connectivity index (χ1n) is 15.1. The lowest BCUT2D eigenvalue weighted by Gasteiger charge is -2.39. The van der Waals surface area contributed by atoms with Crippen molar-refractivity contribution < 1.29 is 28.1 Å². The zero-order valence-corrected chi connectivity index (χ0v) is 25.6. The second-order valence-corrected chi connectivity index (χ2v) is 12.5. The predicted molar refractivity (Wildman–Crippen MR) is 164 cm³/mol. The van der Waals surface area contributed by atoms with Gasteiger partial charge >= 0.3 is 5.97 Å². The van der Waals surface area contributed by atoms with Crippen molar-refractivity contribution in [2.75, 3.05) is 33.4 Å². The van der Waals surface area contributed by atoms with Crippen molar-refractivity contribution in [2.24, 2.45) is 0 Å². The fraction of sp³-hybridized carbons (Fsp3) is 0.412. The first-order chi connectivity index (χ1) is 21.3. The van der Waals surface area contributed by atoms with Crippen LogP contribution in [0.1, 0.15) is 59.4 Å². The maximum absolute atomic E-state index is 14.9. The molecule has 7 rings (SSSR count). The summed E-state index contributed by atoms with van der Waals surface area (Å²) >= 11 is 6.01. The highest BCUT2D eigenvalue weighted by Crippen LogP contribution is 2.46. The SMILES string of the molecule is COC(=O)c1ccc2nc(CN3CCC(c4cccc5c4O[C@](C)(c4ccc(Cl)cc4F)CO5)CC3)n(C[C@@H]3CCO3)c2c1. The number of imidazole rings is 1. The van der Waals surface area contributed by atoms with E-state index in [2.05, 4.69) is 15.5 Å². The summed E-state index contributed by atoms with van der Waals surface area (Å²) in [4.78, 5) is 19.6. The Labute approximate surface area is 260 Å². The van der Waals surface area contributed by atoms with E-state index in [9.17, 15) is 9.18 Å². The molecule has 0 radical (unpaired) electrons. The number of aromatic nitrogens is 2. The van der Waals surface area contributed by atoms with E-state index in [0.717, 1.165) is 61.4 Å². The van der Waals surface area contributed by atoms with E-state index in [0.29, 0.717) is 40.7 Å². The van der Waals surface area contributed by atoms with Crippen molar-refractivity contribution >= 4 is 28.6 Å². The molecule has 0 amide bonds. The van der Waals surface area contributed by atoms with Gasteiger partial charge < -0.3 is 23.5 Å². The van der Waals surface area contributed by atoms with E-state index >= 15 is 0 Å². The molecule has 0 saturated carbocycles. The molecule has 230 valence electrons. The fourth-order valence-corrected chi connectivity index (χ4v) is 6.73. The number of ether oxygens (including phenoxy) is 4. The van der Waals surface area contributed by atoms with Gasteiger partial charge in [0.1, 0.15) is 18.2 Å². The van der Waals surface area contributed by atoms with E-state index in [1.54, 1.807) is 18.2 Å². The predicted octanol–water partition coefficient (Wildman–Crippen LogP) is 6.47. The van der Waals surface area contributed by atoms with Gasteiger partial charge in [0.2, 0.25) is 0 Å². The summed E-state index contributed by atoms with van der Waals surface area (Å²) in [6.07, 6.45) is 3.03. The average molecular weight is 620 g/mol. The summed E-state index contributed by atoms with van der Waals surface area (Å²) in [6.45, 7) is 6.00. The standard InChI is InChI=1S/C34H35ClFN3O5/c1-34(26-8-7-23(35)17-27(26)36)20-43-30-5-3-4-25(32(30)44-34)21-10-13-38(14-11-21)19-31-37-28-9-6-22(33(40)41-2)16-29(28)39(31)18-24-12-15-42-24/h3-9,16-17,21,24H,10-15,18-20H2,1-2H3/t24-,34-/m0/s1. The summed E-state index contributed by atoms with van der Waals surface area (Å²) in [5, 5.41) is 0.345. The maximum Gasteiger partial charge on any atom is 0.337 e. The molecule has 3 aliphatic heterocycles. The van der Waals surface area contributed by atoms with Crippen molar-refractivity contribution in [3.63, 3.8) is 0 Å². The van der Waals surface area contributed by atoms with Crippen LogP contribution in [0.3, 0.4) is 0 Å². The van der Waals surface area contributed by atoms with Gasteiger partial charge in [0.25, 0.3) is 0 Å². The lowest BCUT2D eigenvalue weighted by Crippen LogP contribution is -2.41. The Morgan fingerprint density at radius 1 is 1.14 bits per heavy atom. The van der Waals surface area contributed by atoms with Gasteiger partial charge in [0.05, 0.1) is 42.9 Å². The maximum atomic E-state index is 14.9. The third-order valence-corrected chi connectivity index (χ3v) is 9.40. The fourth-order valence-electron chi connectivity index (χ4n) is 6.57. The van der Waals surface area contributed by atoms with Crippen molar-refractivity contribution in [1.82, 2.24) is 14.5 Å². The van der Waals surface area contributed by atoms with Gasteiger partial charge in [0.15, 0.2) is 17.1 Å². The van der Waals surface area contributed by atoms with Crippen LogP contribution in [0, 0.1) is 5.82 Å². The molecule has 2 atom stereocenters. The number of carbonyl (C=O) groups is 1. The number of nitrogens with zero attached hydrogens (tertiary/aromatic N) is 3. The molecule has 0 unspecified atom stereocenters. The molecular formula is C34H35ClFN3O5. The largest absolute Gasteiger partial charge is 0.485 e. The van der Waals surface area contributed by atoms with E-state index in [-0.39, 0.29) is 24.6 Å². The molecule has 4 heterocycles. The highest BCUT2D eigenvalue weighted by atomic mass is 35.5. The van der Waals surface area contributed by atoms with Crippen LogP contribution in [0.4, 0.5) is 4.39 Å². The number of para-hydroxylation sites is 1. The van der Waals surface area contributed by atoms with Gasteiger partial charge in [-0.15, -0.1) is 0 Å². The first-order valence-corrected chi connectivity index (χ1v) is 15.5. The van der Waals surface area contributed by atoms with Crippen LogP contribution >= 0.6 is 11.6 Å². The minimum Gasteiger partial charge on any atom is -0.485 e. The second kappa shape index (κ2) is 11.7. The topological polar surface area (TPSA) is 75.0 Å². The quantitative estimate of drug-likeness (QED) is 0.220. The van der Waals surface area contributed by atoms with Gasteiger partial charge in [0, 0.05) is 22.8 Å². The molecule has 0 bridgehead atoms. The number of hydrogen-bond acceptors (Lipinski definition) is 7. The van der Waals surface area contributed by atoms with Crippen molar-refractivity contribution in [3.05, 3.63) is 88.0 Å².